The molecule has 2 rings (SSSR count). The summed E-state index contributed by atoms with van der Waals surface area (Å²) in [6.07, 6.45) is 1.43. The minimum atomic E-state index is -0.533. The zero-order chi connectivity index (χ0) is 14.5. The number of nitrogens with two attached hydrogens (primary N) is 1. The molecule has 2 aromatic rings. The maximum Gasteiger partial charge on any atom is 0.343 e. The summed E-state index contributed by atoms with van der Waals surface area (Å²) in [6.45, 7) is 0.292. The number of benzene rings is 1. The number of nitrogen functional groups attached to an aromatic ring is 1. The molecular weight excluding hydrogens is 324 g/mol. The van der Waals surface area contributed by atoms with Crippen LogP contribution in [0.15, 0.2) is 41.0 Å². The van der Waals surface area contributed by atoms with Gasteiger partial charge in [-0.3, -0.25) is 0 Å². The van der Waals surface area contributed by atoms with Crippen LogP contribution in [0.2, 0.25) is 0 Å². The topological polar surface area (TPSA) is 74.4 Å². The molecule has 0 unspecified atom stereocenters. The molecular formula is C14H13BrN2O3. The lowest BCUT2D eigenvalue weighted by molar-refractivity contribution is 0.0594. The van der Waals surface area contributed by atoms with E-state index in [0.29, 0.717) is 12.3 Å². The second-order valence-corrected chi connectivity index (χ2v) is 4.95. The lowest BCUT2D eigenvalue weighted by Crippen LogP contribution is -2.08. The van der Waals surface area contributed by atoms with Crippen LogP contribution in [0.1, 0.15) is 15.9 Å². The Hall–Kier alpha value is -2.08. The van der Waals surface area contributed by atoms with Crippen LogP contribution in [-0.2, 0) is 11.3 Å². The zero-order valence-electron chi connectivity index (χ0n) is 10.8. The number of anilines is 1. The standard InChI is InChI=1S/C14H13BrN2O3/c1-19-14(18)12-6-11(16)7-17-13(12)20-8-9-3-2-4-10(15)5-9/h2-7H,8,16H2,1H3. The van der Waals surface area contributed by atoms with E-state index in [1.165, 1.54) is 19.4 Å². The highest BCUT2D eigenvalue weighted by Crippen LogP contribution is 2.20. The first kappa shape index (κ1) is 14.3. The van der Waals surface area contributed by atoms with Crippen molar-refractivity contribution in [2.45, 2.75) is 6.61 Å². The highest BCUT2D eigenvalue weighted by molar-refractivity contribution is 9.10. The van der Waals surface area contributed by atoms with Crippen molar-refractivity contribution in [3.63, 3.8) is 0 Å². The van der Waals surface area contributed by atoms with Gasteiger partial charge in [0.2, 0.25) is 5.88 Å². The van der Waals surface area contributed by atoms with E-state index in [2.05, 4.69) is 25.7 Å². The lowest BCUT2D eigenvalue weighted by Gasteiger charge is -2.10. The number of carbonyl (C=O) groups is 1. The quantitative estimate of drug-likeness (QED) is 0.869. The van der Waals surface area contributed by atoms with Crippen molar-refractivity contribution in [1.29, 1.82) is 0 Å². The number of pyridine rings is 1. The largest absolute Gasteiger partial charge is 0.472 e. The summed E-state index contributed by atoms with van der Waals surface area (Å²) in [6, 6.07) is 9.15. The van der Waals surface area contributed by atoms with Crippen LogP contribution in [0.25, 0.3) is 0 Å². The van der Waals surface area contributed by atoms with Gasteiger partial charge in [0.25, 0.3) is 0 Å². The Morgan fingerprint density at radius 3 is 2.90 bits per heavy atom. The van der Waals surface area contributed by atoms with E-state index in [0.717, 1.165) is 10.0 Å². The van der Waals surface area contributed by atoms with Crippen molar-refractivity contribution in [3.05, 3.63) is 52.1 Å². The Balaban J connectivity index is 2.19. The second-order valence-electron chi connectivity index (χ2n) is 4.03. The van der Waals surface area contributed by atoms with E-state index in [1.807, 2.05) is 24.3 Å². The molecule has 104 valence electrons. The van der Waals surface area contributed by atoms with Crippen molar-refractivity contribution in [1.82, 2.24) is 4.98 Å². The molecule has 1 aromatic heterocycles. The monoisotopic (exact) mass is 336 g/mol. The Morgan fingerprint density at radius 2 is 2.20 bits per heavy atom. The molecule has 0 saturated heterocycles. The van der Waals surface area contributed by atoms with Crippen molar-refractivity contribution in [3.8, 4) is 5.88 Å². The normalized spacial score (nSPS) is 10.1. The van der Waals surface area contributed by atoms with E-state index in [9.17, 15) is 4.79 Å². The van der Waals surface area contributed by atoms with Crippen LogP contribution in [-0.4, -0.2) is 18.1 Å². The highest BCUT2D eigenvalue weighted by atomic mass is 79.9. The molecule has 1 aromatic carbocycles. The minimum absolute atomic E-state index is 0.200. The van der Waals surface area contributed by atoms with Gasteiger partial charge in [0.15, 0.2) is 0 Å². The molecule has 2 N–H and O–H groups in total. The summed E-state index contributed by atoms with van der Waals surface area (Å²) in [5.41, 5.74) is 7.15. The lowest BCUT2D eigenvalue weighted by atomic mass is 10.2. The van der Waals surface area contributed by atoms with E-state index in [-0.39, 0.29) is 11.4 Å². The molecule has 0 aliphatic heterocycles. The van der Waals surface area contributed by atoms with E-state index in [4.69, 9.17) is 10.5 Å². The number of hydrogen-bond acceptors (Lipinski definition) is 5. The number of nitrogens with zero attached hydrogens (tertiary/aromatic N) is 1. The maximum atomic E-state index is 11.6. The molecule has 0 amide bonds. The number of aromatic nitrogens is 1. The fraction of sp³-hybridized carbons (Fsp3) is 0.143. The first-order valence-electron chi connectivity index (χ1n) is 5.81. The molecule has 0 saturated carbocycles. The van der Waals surface area contributed by atoms with Gasteiger partial charge in [0.05, 0.1) is 19.0 Å². The SMILES string of the molecule is COC(=O)c1cc(N)cnc1OCc1cccc(Br)c1. The van der Waals surface area contributed by atoms with Crippen molar-refractivity contribution in [2.75, 3.05) is 12.8 Å². The van der Waals surface area contributed by atoms with Crippen LogP contribution in [0.4, 0.5) is 5.69 Å². The number of hydrogen-bond donors (Lipinski definition) is 1. The summed E-state index contributed by atoms with van der Waals surface area (Å²) in [5.74, 6) is -0.333. The zero-order valence-corrected chi connectivity index (χ0v) is 12.4. The average molecular weight is 337 g/mol. The Bertz CT molecular complexity index is 632. The van der Waals surface area contributed by atoms with E-state index < -0.39 is 5.97 Å². The molecule has 0 fully saturated rings. The maximum absolute atomic E-state index is 11.6. The van der Waals surface area contributed by atoms with E-state index >= 15 is 0 Å². The number of methoxy groups -OCH3 is 1. The molecule has 0 aliphatic rings. The fourth-order valence-electron chi connectivity index (χ4n) is 1.62. The van der Waals surface area contributed by atoms with Crippen molar-refractivity contribution in [2.24, 2.45) is 0 Å². The molecule has 5 nitrogen and oxygen atoms in total. The first-order valence-corrected chi connectivity index (χ1v) is 6.60. The van der Waals surface area contributed by atoms with Gasteiger partial charge in [-0.1, -0.05) is 28.1 Å². The Labute approximate surface area is 124 Å². The first-order chi connectivity index (χ1) is 9.60. The Morgan fingerprint density at radius 1 is 1.40 bits per heavy atom. The number of carbonyl (C=O) groups excluding carboxylic acids is 1. The average Bonchev–Trinajstić information content (AvgIpc) is 2.45. The summed E-state index contributed by atoms with van der Waals surface area (Å²) < 4.78 is 11.2. The van der Waals surface area contributed by atoms with Gasteiger partial charge in [0.1, 0.15) is 12.2 Å². The summed E-state index contributed by atoms with van der Waals surface area (Å²) >= 11 is 3.38. The predicted molar refractivity (Wildman–Crippen MR) is 78.5 cm³/mol. The number of halogens is 1. The summed E-state index contributed by atoms with van der Waals surface area (Å²) in [7, 11) is 1.30. The minimum Gasteiger partial charge on any atom is -0.472 e. The summed E-state index contributed by atoms with van der Waals surface area (Å²) in [5, 5.41) is 0. The fourth-order valence-corrected chi connectivity index (χ4v) is 2.06. The van der Waals surface area contributed by atoms with Gasteiger partial charge in [-0.15, -0.1) is 0 Å². The van der Waals surface area contributed by atoms with Crippen LogP contribution in [0.5, 0.6) is 5.88 Å². The van der Waals surface area contributed by atoms with Gasteiger partial charge >= 0.3 is 5.97 Å². The molecule has 20 heavy (non-hydrogen) atoms. The smallest absolute Gasteiger partial charge is 0.343 e. The van der Waals surface area contributed by atoms with E-state index in [1.54, 1.807) is 0 Å². The molecule has 1 heterocycles. The van der Waals surface area contributed by atoms with Gasteiger partial charge in [-0.2, -0.15) is 0 Å². The third-order valence-corrected chi connectivity index (χ3v) is 3.04. The molecule has 0 spiro atoms. The third-order valence-electron chi connectivity index (χ3n) is 2.54. The van der Waals surface area contributed by atoms with Crippen LogP contribution in [0.3, 0.4) is 0 Å². The predicted octanol–water partition coefficient (Wildman–Crippen LogP) is 2.79. The molecule has 0 atom stereocenters. The molecule has 0 aliphatic carbocycles. The number of rotatable bonds is 4. The van der Waals surface area contributed by atoms with Crippen molar-refractivity contribution < 1.29 is 14.3 Å². The summed E-state index contributed by atoms with van der Waals surface area (Å²) in [4.78, 5) is 15.7. The second kappa shape index (κ2) is 6.38. The van der Waals surface area contributed by atoms with Gasteiger partial charge in [-0.25, -0.2) is 9.78 Å². The van der Waals surface area contributed by atoms with Gasteiger partial charge in [-0.05, 0) is 23.8 Å². The molecule has 6 heteroatoms. The van der Waals surface area contributed by atoms with Crippen LogP contribution >= 0.6 is 15.9 Å². The molecule has 0 bridgehead atoms. The van der Waals surface area contributed by atoms with Crippen LogP contribution in [0, 0.1) is 0 Å². The van der Waals surface area contributed by atoms with Gasteiger partial charge in [0, 0.05) is 4.47 Å². The third kappa shape index (κ3) is 3.48. The molecule has 0 radical (unpaired) electrons. The van der Waals surface area contributed by atoms with Crippen molar-refractivity contribution >= 4 is 27.6 Å². The highest BCUT2D eigenvalue weighted by Gasteiger charge is 2.15. The number of esters is 1. The van der Waals surface area contributed by atoms with Gasteiger partial charge < -0.3 is 15.2 Å². The Kier molecular flexibility index (Phi) is 4.57. The number of ether oxygens (including phenoxy) is 2. The van der Waals surface area contributed by atoms with Crippen LogP contribution < -0.4 is 10.5 Å².